The van der Waals surface area contributed by atoms with E-state index in [1.54, 1.807) is 16.9 Å². The summed E-state index contributed by atoms with van der Waals surface area (Å²) < 4.78 is 1.81. The van der Waals surface area contributed by atoms with Gasteiger partial charge in [-0.05, 0) is 54.3 Å². The third-order valence-corrected chi connectivity index (χ3v) is 4.87. The third-order valence-electron chi connectivity index (χ3n) is 4.87. The van der Waals surface area contributed by atoms with Gasteiger partial charge in [0, 0.05) is 18.0 Å². The highest BCUT2D eigenvalue weighted by molar-refractivity contribution is 5.88. The normalized spacial score (nSPS) is 10.8. The van der Waals surface area contributed by atoms with Crippen molar-refractivity contribution in [1.29, 1.82) is 5.26 Å². The van der Waals surface area contributed by atoms with Gasteiger partial charge in [0.2, 0.25) is 0 Å². The summed E-state index contributed by atoms with van der Waals surface area (Å²) in [4.78, 5) is 15.2. The van der Waals surface area contributed by atoms with Crippen LogP contribution < -0.4 is 0 Å². The van der Waals surface area contributed by atoms with Gasteiger partial charge in [0.05, 0.1) is 22.8 Å². The number of aliphatic carboxylic acids is 1. The number of pyridine rings is 1. The van der Waals surface area contributed by atoms with Gasteiger partial charge in [0.1, 0.15) is 0 Å². The highest BCUT2D eigenvalue weighted by Gasteiger charge is 2.13. The second-order valence-electron chi connectivity index (χ2n) is 6.80. The summed E-state index contributed by atoms with van der Waals surface area (Å²) in [6, 6.07) is 19.4. The van der Waals surface area contributed by atoms with Crippen molar-refractivity contribution >= 4 is 16.9 Å². The van der Waals surface area contributed by atoms with E-state index in [9.17, 15) is 10.1 Å². The van der Waals surface area contributed by atoms with Crippen molar-refractivity contribution in [3.05, 3.63) is 77.6 Å². The van der Waals surface area contributed by atoms with Crippen LogP contribution in [0.2, 0.25) is 0 Å². The van der Waals surface area contributed by atoms with Crippen molar-refractivity contribution in [2.45, 2.75) is 19.8 Å². The first kappa shape index (κ1) is 18.4. The van der Waals surface area contributed by atoms with Gasteiger partial charge in [-0.1, -0.05) is 30.3 Å². The molecule has 2 aromatic carbocycles. The molecule has 0 saturated heterocycles. The molecule has 2 heterocycles. The molecular weight excluding hydrogens is 364 g/mol. The Morgan fingerprint density at radius 2 is 2.03 bits per heavy atom. The number of aryl methyl sites for hydroxylation is 2. The van der Waals surface area contributed by atoms with Crippen LogP contribution >= 0.6 is 0 Å². The zero-order valence-corrected chi connectivity index (χ0v) is 15.8. The minimum absolute atomic E-state index is 0.0404. The molecule has 1 N–H and O–H groups in total. The lowest BCUT2D eigenvalue weighted by atomic mass is 9.96. The fourth-order valence-corrected chi connectivity index (χ4v) is 3.43. The van der Waals surface area contributed by atoms with E-state index in [4.69, 9.17) is 5.11 Å². The number of benzene rings is 2. The summed E-state index contributed by atoms with van der Waals surface area (Å²) in [5.41, 5.74) is 4.88. The lowest BCUT2D eigenvalue weighted by molar-refractivity contribution is -0.136. The molecule has 0 radical (unpaired) electrons. The van der Waals surface area contributed by atoms with Gasteiger partial charge in [-0.2, -0.15) is 10.4 Å². The Balaban J connectivity index is 1.81. The zero-order chi connectivity index (χ0) is 20.4. The van der Waals surface area contributed by atoms with Crippen molar-refractivity contribution in [3.63, 3.8) is 0 Å². The Morgan fingerprint density at radius 3 is 2.76 bits per heavy atom. The van der Waals surface area contributed by atoms with Gasteiger partial charge < -0.3 is 5.11 Å². The molecule has 0 fully saturated rings. The van der Waals surface area contributed by atoms with Crippen LogP contribution in [-0.2, 0) is 11.2 Å². The standard InChI is InChI=1S/C23H18N4O2/c1-15-19-9-7-17(13-21(19)27(26-15)22-4-2-3-11-25-22)20-8-5-16(6-10-23(28)29)12-18(20)14-24/h2-5,7-9,11-13H,6,10H2,1H3,(H,28,29). The molecule has 0 aliphatic heterocycles. The molecule has 0 unspecified atom stereocenters. The highest BCUT2D eigenvalue weighted by atomic mass is 16.4. The first-order valence-electron chi connectivity index (χ1n) is 9.23. The molecule has 4 aromatic rings. The number of rotatable bonds is 5. The molecule has 0 amide bonds. The van der Waals surface area contributed by atoms with Crippen LogP contribution in [0.15, 0.2) is 60.8 Å². The van der Waals surface area contributed by atoms with Crippen LogP contribution in [-0.4, -0.2) is 25.8 Å². The molecule has 4 rings (SSSR count). The Hall–Kier alpha value is -3.98. The fourth-order valence-electron chi connectivity index (χ4n) is 3.43. The quantitative estimate of drug-likeness (QED) is 0.556. The molecule has 2 aromatic heterocycles. The lowest BCUT2D eigenvalue weighted by Crippen LogP contribution is -1.99. The van der Waals surface area contributed by atoms with Crippen molar-refractivity contribution in [2.75, 3.05) is 0 Å². The van der Waals surface area contributed by atoms with E-state index < -0.39 is 5.97 Å². The van der Waals surface area contributed by atoms with E-state index in [-0.39, 0.29) is 6.42 Å². The van der Waals surface area contributed by atoms with Crippen molar-refractivity contribution in [3.8, 4) is 23.0 Å². The lowest BCUT2D eigenvalue weighted by Gasteiger charge is -2.08. The summed E-state index contributed by atoms with van der Waals surface area (Å²) >= 11 is 0. The largest absolute Gasteiger partial charge is 0.481 e. The molecular formula is C23H18N4O2. The number of carbonyl (C=O) groups is 1. The van der Waals surface area contributed by atoms with Crippen molar-refractivity contribution < 1.29 is 9.90 Å². The van der Waals surface area contributed by atoms with Crippen LogP contribution in [0.3, 0.4) is 0 Å². The van der Waals surface area contributed by atoms with Gasteiger partial charge in [-0.3, -0.25) is 4.79 Å². The SMILES string of the molecule is Cc1nn(-c2ccccn2)c2cc(-c3ccc(CCC(=O)O)cc3C#N)ccc12. The molecule has 0 atom stereocenters. The molecule has 0 spiro atoms. The van der Waals surface area contributed by atoms with Gasteiger partial charge in [-0.25, -0.2) is 9.67 Å². The topological polar surface area (TPSA) is 91.8 Å². The smallest absolute Gasteiger partial charge is 0.303 e. The molecule has 0 saturated carbocycles. The van der Waals surface area contributed by atoms with Crippen LogP contribution in [0.1, 0.15) is 23.2 Å². The number of nitriles is 1. The summed E-state index contributed by atoms with van der Waals surface area (Å²) in [7, 11) is 0. The predicted molar refractivity (Wildman–Crippen MR) is 110 cm³/mol. The van der Waals surface area contributed by atoms with Crippen LogP contribution in [0.25, 0.3) is 27.8 Å². The Kier molecular flexibility index (Phi) is 4.80. The third kappa shape index (κ3) is 3.58. The molecule has 0 aliphatic carbocycles. The molecule has 6 nitrogen and oxygen atoms in total. The van der Waals surface area contributed by atoms with Crippen LogP contribution in [0.5, 0.6) is 0 Å². The average Bonchev–Trinajstić information content (AvgIpc) is 3.08. The van der Waals surface area contributed by atoms with Crippen LogP contribution in [0.4, 0.5) is 0 Å². The highest BCUT2D eigenvalue weighted by Crippen LogP contribution is 2.30. The van der Waals surface area contributed by atoms with Crippen LogP contribution in [0, 0.1) is 18.3 Å². The summed E-state index contributed by atoms with van der Waals surface area (Å²) in [5, 5.41) is 24.2. The molecule has 29 heavy (non-hydrogen) atoms. The van der Waals surface area contributed by atoms with Gasteiger partial charge in [0.15, 0.2) is 5.82 Å². The van der Waals surface area contributed by atoms with Gasteiger partial charge >= 0.3 is 5.97 Å². The maximum atomic E-state index is 10.8. The molecule has 6 heteroatoms. The number of carboxylic acids is 1. The zero-order valence-electron chi connectivity index (χ0n) is 15.8. The van der Waals surface area contributed by atoms with E-state index in [1.807, 2.05) is 55.5 Å². The maximum absolute atomic E-state index is 10.8. The first-order valence-corrected chi connectivity index (χ1v) is 9.23. The number of hydrogen-bond donors (Lipinski definition) is 1. The predicted octanol–water partition coefficient (Wildman–Crippen LogP) is 4.28. The summed E-state index contributed by atoms with van der Waals surface area (Å²) in [6.07, 6.45) is 2.17. The number of hydrogen-bond acceptors (Lipinski definition) is 4. The molecule has 0 aliphatic rings. The molecule has 142 valence electrons. The number of aromatic nitrogens is 3. The second kappa shape index (κ2) is 7.56. The monoisotopic (exact) mass is 382 g/mol. The first-order chi connectivity index (χ1) is 14.1. The number of fused-ring (bicyclic) bond motifs is 1. The minimum Gasteiger partial charge on any atom is -0.481 e. The van der Waals surface area contributed by atoms with Crippen molar-refractivity contribution in [1.82, 2.24) is 14.8 Å². The summed E-state index contributed by atoms with van der Waals surface area (Å²) in [5.74, 6) is -0.122. The fraction of sp³-hybridized carbons (Fsp3) is 0.130. The maximum Gasteiger partial charge on any atom is 0.303 e. The number of nitrogens with zero attached hydrogens (tertiary/aromatic N) is 4. The van der Waals surface area contributed by atoms with Gasteiger partial charge in [-0.15, -0.1) is 0 Å². The number of carboxylic acid groups (broad SMARTS) is 1. The van der Waals surface area contributed by atoms with Crippen molar-refractivity contribution in [2.24, 2.45) is 0 Å². The summed E-state index contributed by atoms with van der Waals surface area (Å²) in [6.45, 7) is 1.96. The van der Waals surface area contributed by atoms with E-state index in [1.165, 1.54) is 0 Å². The Bertz CT molecular complexity index is 1250. The van der Waals surface area contributed by atoms with E-state index in [2.05, 4.69) is 16.2 Å². The van der Waals surface area contributed by atoms with E-state index in [0.717, 1.165) is 39.1 Å². The van der Waals surface area contributed by atoms with E-state index >= 15 is 0 Å². The van der Waals surface area contributed by atoms with Gasteiger partial charge in [0.25, 0.3) is 0 Å². The minimum atomic E-state index is -0.851. The Morgan fingerprint density at radius 1 is 1.17 bits per heavy atom. The molecule has 0 bridgehead atoms. The second-order valence-corrected chi connectivity index (χ2v) is 6.80. The Labute approximate surface area is 167 Å². The van der Waals surface area contributed by atoms with E-state index in [0.29, 0.717) is 12.0 Å². The average molecular weight is 382 g/mol.